The Morgan fingerprint density at radius 1 is 0.208 bits per heavy atom. The Morgan fingerprint density at radius 3 is 0.854 bits per heavy atom. The monoisotopic (exact) mass is 1660 g/mol. The highest BCUT2D eigenvalue weighted by Gasteiger charge is 2.47. The number of anilines is 6. The SMILES string of the molecule is CC(C)(C)c1ccc2c(c1)N(c1c(-c3ccc4c5ccccc5n(-c5ccccc5)c4c3)cccc1-c1ccc3c4ccccc4n(-c4ccccc4)c3c1)c1cc(-c3ccc4oc5ccccc5c4c3)cc3c1B2c1ccc(C(C)(C)C)cc1N3c1c(-c2ccc3c4ccccc4n(-c4ccccc4)c3c2)cccc1-c1ccc2c3ccccc3n(-c3ccccc3)c2c1. The molecule has 26 rings (SSSR count). The summed E-state index contributed by atoms with van der Waals surface area (Å²) in [5.41, 5.74) is 38.2. The quantitative estimate of drug-likeness (QED) is 0.121. The third-order valence-electron chi connectivity index (χ3n) is 28.0. The first-order chi connectivity index (χ1) is 63.8. The molecule has 0 spiro atoms. The van der Waals surface area contributed by atoms with E-state index >= 15 is 0 Å². The summed E-state index contributed by atoms with van der Waals surface area (Å²) in [6, 6.07) is 158. The Bertz CT molecular complexity index is 8030. The standard InChI is InChI=1S/C122H87BN6O/c1-121(2,3)82-58-64-102-112(74-82)128(119-88(77-53-60-96-92-39-19-24-48-104(92)124(108(96)68-77)84-31-11-7-12-32-84)44-29-45-89(119)78-54-61-97-93-40-20-25-49-105(93)125(109(97)69-78)85-33-13-8-14-34-85)114-72-81(76-57-66-117-101(67-76)100-43-23-28-52-116(100)130-117)73-115-118(114)123(102)103-65-59-83(122(4,5)6)75-113(103)129(115)120-90(79-55-62-98-94-41-21-26-50-106(94)126(110(98)70-79)86-35-15-9-16-36-86)46-30-47-91(120)80-56-63-99-95-42-22-27-51-107(95)127(111(99)71-80)87-37-17-10-18-38-87/h7-75H,1-6H3. The van der Waals surface area contributed by atoms with Crippen molar-refractivity contribution in [1.82, 2.24) is 18.3 Å². The van der Waals surface area contributed by atoms with E-state index < -0.39 is 0 Å². The van der Waals surface area contributed by atoms with Gasteiger partial charge in [-0.1, -0.05) is 321 Å². The summed E-state index contributed by atoms with van der Waals surface area (Å²) in [6.45, 7) is 13.9. The fourth-order valence-corrected chi connectivity index (χ4v) is 22.0. The molecule has 0 N–H and O–H groups in total. The van der Waals surface area contributed by atoms with Crippen molar-refractivity contribution in [3.8, 4) is 78.4 Å². The second-order valence-electron chi connectivity index (χ2n) is 37.5. The fraction of sp³-hybridized carbons (Fsp3) is 0.0656. The minimum Gasteiger partial charge on any atom is -0.456 e. The van der Waals surface area contributed by atoms with Gasteiger partial charge in [0.25, 0.3) is 6.71 Å². The van der Waals surface area contributed by atoms with Crippen LogP contribution in [0.3, 0.4) is 0 Å². The molecule has 614 valence electrons. The van der Waals surface area contributed by atoms with E-state index in [1.807, 2.05) is 0 Å². The maximum atomic E-state index is 6.81. The van der Waals surface area contributed by atoms with Crippen molar-refractivity contribution in [2.24, 2.45) is 0 Å². The zero-order chi connectivity index (χ0) is 86.5. The van der Waals surface area contributed by atoms with Crippen molar-refractivity contribution >= 4 is 166 Å². The van der Waals surface area contributed by atoms with Crippen LogP contribution in [0, 0.1) is 0 Å². The van der Waals surface area contributed by atoms with Crippen LogP contribution in [0.25, 0.3) is 188 Å². The summed E-state index contributed by atoms with van der Waals surface area (Å²) < 4.78 is 16.7. The van der Waals surface area contributed by atoms with Gasteiger partial charge in [0, 0.05) is 122 Å². The van der Waals surface area contributed by atoms with Crippen molar-refractivity contribution in [2.75, 3.05) is 9.80 Å². The Labute approximate surface area is 754 Å². The van der Waals surface area contributed by atoms with Gasteiger partial charge in [0.05, 0.1) is 55.5 Å². The number of furan rings is 1. The molecule has 0 saturated heterocycles. The third kappa shape index (κ3) is 11.5. The smallest absolute Gasteiger partial charge is 0.252 e. The lowest BCUT2D eigenvalue weighted by Gasteiger charge is -2.46. The van der Waals surface area contributed by atoms with Gasteiger partial charge in [-0.25, -0.2) is 0 Å². The van der Waals surface area contributed by atoms with Gasteiger partial charge in [-0.05, 0) is 211 Å². The molecule has 24 aromatic rings. The number of benzene rings is 19. The maximum absolute atomic E-state index is 6.81. The highest BCUT2D eigenvalue weighted by molar-refractivity contribution is 7.00. The molecule has 0 atom stereocenters. The average molecular weight is 1660 g/mol. The first-order valence-corrected chi connectivity index (χ1v) is 45.4. The molecule has 5 aromatic heterocycles. The molecule has 0 amide bonds. The summed E-state index contributed by atoms with van der Waals surface area (Å²) in [5.74, 6) is 0. The van der Waals surface area contributed by atoms with Crippen LogP contribution in [0.5, 0.6) is 0 Å². The number of nitrogens with zero attached hydrogens (tertiary/aromatic N) is 6. The van der Waals surface area contributed by atoms with Gasteiger partial charge in [-0.15, -0.1) is 0 Å². The Balaban J connectivity index is 0.827. The Morgan fingerprint density at radius 2 is 0.508 bits per heavy atom. The van der Waals surface area contributed by atoms with Gasteiger partial charge in [-0.2, -0.15) is 0 Å². The van der Waals surface area contributed by atoms with Crippen molar-refractivity contribution in [1.29, 1.82) is 0 Å². The summed E-state index contributed by atoms with van der Waals surface area (Å²) in [4.78, 5) is 5.50. The van der Waals surface area contributed by atoms with E-state index in [2.05, 4.69) is 488 Å². The van der Waals surface area contributed by atoms with Crippen molar-refractivity contribution in [3.63, 3.8) is 0 Å². The van der Waals surface area contributed by atoms with Crippen molar-refractivity contribution in [2.45, 2.75) is 52.4 Å². The van der Waals surface area contributed by atoms with E-state index in [4.69, 9.17) is 4.42 Å². The molecule has 0 saturated carbocycles. The van der Waals surface area contributed by atoms with Crippen molar-refractivity contribution < 1.29 is 4.42 Å². The number of aromatic nitrogens is 4. The molecule has 0 bridgehead atoms. The molecular weight excluding hydrogens is 1580 g/mol. The highest BCUT2D eigenvalue weighted by Crippen LogP contribution is 2.57. The zero-order valence-corrected chi connectivity index (χ0v) is 73.0. The topological polar surface area (TPSA) is 39.3 Å². The van der Waals surface area contributed by atoms with Crippen molar-refractivity contribution in [3.05, 3.63) is 430 Å². The molecule has 0 aliphatic carbocycles. The van der Waals surface area contributed by atoms with Crippen LogP contribution >= 0.6 is 0 Å². The third-order valence-corrected chi connectivity index (χ3v) is 28.0. The largest absolute Gasteiger partial charge is 0.456 e. The minimum atomic E-state index is -0.294. The first-order valence-electron chi connectivity index (χ1n) is 45.4. The number of hydrogen-bond donors (Lipinski definition) is 0. The van der Waals surface area contributed by atoms with Gasteiger partial charge >= 0.3 is 0 Å². The minimum absolute atomic E-state index is 0.273. The number of hydrogen-bond acceptors (Lipinski definition) is 3. The van der Waals surface area contributed by atoms with Gasteiger partial charge in [0.1, 0.15) is 11.2 Å². The predicted molar refractivity (Wildman–Crippen MR) is 550 cm³/mol. The van der Waals surface area contributed by atoms with E-state index in [0.29, 0.717) is 0 Å². The molecule has 7 nitrogen and oxygen atoms in total. The Kier molecular flexibility index (Phi) is 16.6. The molecule has 2 aliphatic rings. The number of rotatable bonds is 11. The van der Waals surface area contributed by atoms with Crippen LogP contribution in [-0.2, 0) is 10.8 Å². The van der Waals surface area contributed by atoms with Crippen LogP contribution in [0.15, 0.2) is 423 Å². The van der Waals surface area contributed by atoms with Crippen LogP contribution in [0.4, 0.5) is 34.1 Å². The lowest BCUT2D eigenvalue weighted by molar-refractivity contribution is 0.590. The number of fused-ring (bicyclic) bond motifs is 19. The lowest BCUT2D eigenvalue weighted by Crippen LogP contribution is -2.61. The maximum Gasteiger partial charge on any atom is 0.252 e. The van der Waals surface area contributed by atoms with E-state index in [9.17, 15) is 0 Å². The zero-order valence-electron chi connectivity index (χ0n) is 73.0. The molecule has 19 aromatic carbocycles. The molecule has 130 heavy (non-hydrogen) atoms. The highest BCUT2D eigenvalue weighted by atomic mass is 16.3. The summed E-state index contributed by atoms with van der Waals surface area (Å²) >= 11 is 0. The molecule has 0 radical (unpaired) electrons. The molecule has 0 unspecified atom stereocenters. The summed E-state index contributed by atoms with van der Waals surface area (Å²) in [7, 11) is 0. The molecule has 2 aliphatic heterocycles. The Hall–Kier alpha value is -16.2. The molecule has 0 fully saturated rings. The molecule has 8 heteroatoms. The van der Waals surface area contributed by atoms with E-state index in [1.54, 1.807) is 0 Å². The van der Waals surface area contributed by atoms with Gasteiger partial charge in [-0.3, -0.25) is 0 Å². The van der Waals surface area contributed by atoms with E-state index in [1.165, 1.54) is 70.6 Å². The van der Waals surface area contributed by atoms with E-state index in [-0.39, 0.29) is 17.5 Å². The van der Waals surface area contributed by atoms with E-state index in [0.717, 1.165) is 179 Å². The summed E-state index contributed by atoms with van der Waals surface area (Å²) in [5, 5.41) is 11.7. The van der Waals surface area contributed by atoms with Gasteiger partial charge in [0.15, 0.2) is 0 Å². The molecular formula is C122H87BN6O. The van der Waals surface area contributed by atoms with Crippen LogP contribution in [0.2, 0.25) is 0 Å². The van der Waals surface area contributed by atoms with Crippen LogP contribution < -0.4 is 26.2 Å². The van der Waals surface area contributed by atoms with Gasteiger partial charge in [0.2, 0.25) is 0 Å². The van der Waals surface area contributed by atoms with Crippen LogP contribution in [-0.4, -0.2) is 25.0 Å². The fourth-order valence-electron chi connectivity index (χ4n) is 22.0. The first kappa shape index (κ1) is 75.2. The average Bonchev–Trinajstić information content (AvgIpc) is 1.62. The predicted octanol–water partition coefficient (Wildman–Crippen LogP) is 31.0. The number of para-hydroxylation sites is 11. The second kappa shape index (κ2) is 28.7. The second-order valence-corrected chi connectivity index (χ2v) is 37.5. The lowest BCUT2D eigenvalue weighted by atomic mass is 9.33. The molecule has 7 heterocycles. The van der Waals surface area contributed by atoms with Gasteiger partial charge < -0.3 is 32.5 Å². The van der Waals surface area contributed by atoms with Crippen LogP contribution in [0.1, 0.15) is 52.7 Å². The normalized spacial score (nSPS) is 12.8. The summed E-state index contributed by atoms with van der Waals surface area (Å²) in [6.07, 6.45) is 0.